The number of thiocarbonyl (C=S) groups is 1. The average molecular weight is 472 g/mol. The Morgan fingerprint density at radius 3 is 2.22 bits per heavy atom. The summed E-state index contributed by atoms with van der Waals surface area (Å²) in [6.45, 7) is 0.733. The molecule has 0 atom stereocenters. The monoisotopic (exact) mass is 471 g/mol. The van der Waals surface area contributed by atoms with Crippen LogP contribution in [0.25, 0.3) is 0 Å². The van der Waals surface area contributed by atoms with Crippen molar-refractivity contribution < 1.29 is 19.2 Å². The van der Waals surface area contributed by atoms with Gasteiger partial charge in [-0.2, -0.15) is 0 Å². The van der Waals surface area contributed by atoms with E-state index in [-0.39, 0.29) is 15.8 Å². The van der Waals surface area contributed by atoms with Crippen molar-refractivity contribution in [3.05, 3.63) is 93.5 Å². The Morgan fingerprint density at radius 1 is 0.969 bits per heavy atom. The van der Waals surface area contributed by atoms with Crippen LogP contribution in [0.3, 0.4) is 0 Å². The summed E-state index contributed by atoms with van der Waals surface area (Å²) in [4.78, 5) is 22.7. The van der Waals surface area contributed by atoms with Crippen molar-refractivity contribution in [2.45, 2.75) is 0 Å². The molecule has 0 aliphatic heterocycles. The van der Waals surface area contributed by atoms with E-state index in [1.807, 2.05) is 30.3 Å². The maximum absolute atomic E-state index is 12.4. The van der Waals surface area contributed by atoms with E-state index in [9.17, 15) is 14.9 Å². The number of carbonyl (C=O) groups excluding carboxylic acids is 1. The van der Waals surface area contributed by atoms with E-state index in [0.29, 0.717) is 30.2 Å². The highest BCUT2D eigenvalue weighted by Gasteiger charge is 2.14. The number of benzene rings is 3. The van der Waals surface area contributed by atoms with E-state index in [0.717, 1.165) is 5.75 Å². The Hall–Kier alpha value is -3.69. The first-order valence-electron chi connectivity index (χ1n) is 9.39. The highest BCUT2D eigenvalue weighted by Crippen LogP contribution is 2.27. The number of para-hydroxylation sites is 1. The minimum Gasteiger partial charge on any atom is -0.490 e. The second-order valence-electron chi connectivity index (χ2n) is 6.37. The summed E-state index contributed by atoms with van der Waals surface area (Å²) in [6, 6.07) is 20.0. The molecule has 0 aromatic heterocycles. The fourth-order valence-corrected chi connectivity index (χ4v) is 3.00. The Morgan fingerprint density at radius 2 is 1.59 bits per heavy atom. The summed E-state index contributed by atoms with van der Waals surface area (Å²) in [5.74, 6) is 0.915. The molecule has 3 aromatic rings. The molecule has 0 aliphatic carbocycles. The molecule has 0 saturated carbocycles. The third-order valence-electron chi connectivity index (χ3n) is 4.11. The number of halogens is 1. The lowest BCUT2D eigenvalue weighted by atomic mass is 10.2. The predicted octanol–water partition coefficient (Wildman–Crippen LogP) is 4.83. The zero-order valence-corrected chi connectivity index (χ0v) is 18.2. The van der Waals surface area contributed by atoms with Gasteiger partial charge in [0.1, 0.15) is 29.7 Å². The zero-order valence-electron chi connectivity index (χ0n) is 16.6. The molecule has 0 bridgehead atoms. The lowest BCUT2D eigenvalue weighted by molar-refractivity contribution is -0.384. The van der Waals surface area contributed by atoms with Crippen LogP contribution in [0.4, 0.5) is 11.4 Å². The van der Waals surface area contributed by atoms with E-state index in [4.69, 9.17) is 33.3 Å². The molecular weight excluding hydrogens is 454 g/mol. The first-order chi connectivity index (χ1) is 15.4. The van der Waals surface area contributed by atoms with Crippen molar-refractivity contribution in [1.29, 1.82) is 0 Å². The number of anilines is 1. The van der Waals surface area contributed by atoms with Crippen LogP contribution in [0.15, 0.2) is 72.8 Å². The quantitative estimate of drug-likeness (QED) is 0.210. The van der Waals surface area contributed by atoms with Crippen molar-refractivity contribution in [2.24, 2.45) is 0 Å². The number of hydrogen-bond acceptors (Lipinski definition) is 6. The number of hydrogen-bond donors (Lipinski definition) is 2. The van der Waals surface area contributed by atoms with E-state index >= 15 is 0 Å². The first-order valence-corrected chi connectivity index (χ1v) is 10.2. The number of carbonyl (C=O) groups is 1. The molecule has 32 heavy (non-hydrogen) atoms. The van der Waals surface area contributed by atoms with Crippen molar-refractivity contribution in [3.8, 4) is 11.5 Å². The molecule has 0 spiro atoms. The fourth-order valence-electron chi connectivity index (χ4n) is 2.61. The van der Waals surface area contributed by atoms with Gasteiger partial charge in [0.15, 0.2) is 5.11 Å². The van der Waals surface area contributed by atoms with Gasteiger partial charge in [-0.3, -0.25) is 20.2 Å². The smallest absolute Gasteiger partial charge is 0.289 e. The molecule has 8 nitrogen and oxygen atoms in total. The van der Waals surface area contributed by atoms with Gasteiger partial charge in [-0.25, -0.2) is 0 Å². The molecule has 0 fully saturated rings. The van der Waals surface area contributed by atoms with Gasteiger partial charge in [-0.1, -0.05) is 29.8 Å². The van der Waals surface area contributed by atoms with Crippen LogP contribution in [0, 0.1) is 10.1 Å². The number of nitro benzene ring substituents is 1. The maximum Gasteiger partial charge on any atom is 0.289 e. The summed E-state index contributed by atoms with van der Waals surface area (Å²) >= 11 is 10.9. The van der Waals surface area contributed by atoms with Crippen LogP contribution in [0.2, 0.25) is 5.02 Å². The second kappa shape index (κ2) is 11.1. The molecule has 1 amide bonds. The molecule has 164 valence electrons. The Kier molecular flexibility index (Phi) is 7.96. The summed E-state index contributed by atoms with van der Waals surface area (Å²) < 4.78 is 11.2. The molecule has 0 radical (unpaired) electrons. The van der Waals surface area contributed by atoms with Crippen LogP contribution in [-0.4, -0.2) is 29.2 Å². The topological polar surface area (TPSA) is 103 Å². The van der Waals surface area contributed by atoms with Crippen LogP contribution in [0.1, 0.15) is 10.4 Å². The SMILES string of the molecule is O=C(NC(=S)Nc1ccc(Cl)c([N+](=O)[O-])c1)c1ccc(OCCOc2ccccc2)cc1. The number of nitro groups is 1. The molecule has 10 heteroatoms. The van der Waals surface area contributed by atoms with Crippen LogP contribution in [-0.2, 0) is 0 Å². The Balaban J connectivity index is 1.47. The first kappa shape index (κ1) is 23.0. The highest BCUT2D eigenvalue weighted by molar-refractivity contribution is 7.80. The third-order valence-corrected chi connectivity index (χ3v) is 4.63. The van der Waals surface area contributed by atoms with Crippen molar-refractivity contribution in [3.63, 3.8) is 0 Å². The Bertz CT molecular complexity index is 1110. The molecule has 3 rings (SSSR count). The molecular formula is C22H18ClN3O5S. The summed E-state index contributed by atoms with van der Waals surface area (Å²) in [5.41, 5.74) is 0.424. The van der Waals surface area contributed by atoms with Gasteiger partial charge in [0.2, 0.25) is 0 Å². The largest absolute Gasteiger partial charge is 0.490 e. The van der Waals surface area contributed by atoms with E-state index in [2.05, 4.69) is 10.6 Å². The van der Waals surface area contributed by atoms with Gasteiger partial charge in [-0.15, -0.1) is 0 Å². The molecule has 2 N–H and O–H groups in total. The van der Waals surface area contributed by atoms with Crippen molar-refractivity contribution in [2.75, 3.05) is 18.5 Å². The normalized spacial score (nSPS) is 10.2. The van der Waals surface area contributed by atoms with E-state index in [1.54, 1.807) is 24.3 Å². The number of rotatable bonds is 8. The molecule has 0 heterocycles. The minimum absolute atomic E-state index is 0.00411. The third kappa shape index (κ3) is 6.66. The van der Waals surface area contributed by atoms with Gasteiger partial charge < -0.3 is 14.8 Å². The fraction of sp³-hybridized carbons (Fsp3) is 0.0909. The molecule has 0 saturated heterocycles. The van der Waals surface area contributed by atoms with Gasteiger partial charge in [0.05, 0.1) is 4.92 Å². The van der Waals surface area contributed by atoms with Gasteiger partial charge >= 0.3 is 0 Å². The number of nitrogens with zero attached hydrogens (tertiary/aromatic N) is 1. The minimum atomic E-state index is -0.605. The number of amides is 1. The van der Waals surface area contributed by atoms with Crippen molar-refractivity contribution >= 4 is 46.2 Å². The van der Waals surface area contributed by atoms with Gasteiger partial charge in [0, 0.05) is 17.3 Å². The van der Waals surface area contributed by atoms with Crippen LogP contribution < -0.4 is 20.1 Å². The zero-order chi connectivity index (χ0) is 22.9. The lowest BCUT2D eigenvalue weighted by Crippen LogP contribution is -2.34. The molecule has 3 aromatic carbocycles. The summed E-state index contributed by atoms with van der Waals surface area (Å²) in [7, 11) is 0. The average Bonchev–Trinajstić information content (AvgIpc) is 2.79. The van der Waals surface area contributed by atoms with E-state index < -0.39 is 10.8 Å². The predicted molar refractivity (Wildman–Crippen MR) is 126 cm³/mol. The summed E-state index contributed by atoms with van der Waals surface area (Å²) in [5, 5.41) is 16.2. The van der Waals surface area contributed by atoms with E-state index in [1.165, 1.54) is 18.2 Å². The molecule has 0 aliphatic rings. The van der Waals surface area contributed by atoms with Crippen LogP contribution >= 0.6 is 23.8 Å². The molecule has 0 unspecified atom stereocenters. The highest BCUT2D eigenvalue weighted by atomic mass is 35.5. The van der Waals surface area contributed by atoms with Crippen molar-refractivity contribution in [1.82, 2.24) is 5.32 Å². The number of nitrogens with one attached hydrogen (secondary N) is 2. The summed E-state index contributed by atoms with van der Waals surface area (Å²) in [6.07, 6.45) is 0. The maximum atomic E-state index is 12.4. The van der Waals surface area contributed by atoms with Crippen LogP contribution in [0.5, 0.6) is 11.5 Å². The van der Waals surface area contributed by atoms with Gasteiger partial charge in [-0.05, 0) is 60.7 Å². The standard InChI is InChI=1S/C22H18ClN3O5S/c23-19-11-8-16(14-20(19)26(28)29)24-22(32)25-21(27)15-6-9-18(10-7-15)31-13-12-30-17-4-2-1-3-5-17/h1-11,14H,12-13H2,(H2,24,25,27,32). The second-order valence-corrected chi connectivity index (χ2v) is 7.18. The number of ether oxygens (including phenoxy) is 2. The van der Waals surface area contributed by atoms with Gasteiger partial charge in [0.25, 0.3) is 11.6 Å². The lowest BCUT2D eigenvalue weighted by Gasteiger charge is -2.11. The Labute approximate surface area is 194 Å².